The molecule has 1 aromatic carbocycles. The second-order valence-electron chi connectivity index (χ2n) is 5.10. The van der Waals surface area contributed by atoms with Crippen LogP contribution in [0.4, 0.5) is 11.4 Å². The number of carboxylic acids is 1. The van der Waals surface area contributed by atoms with Crippen LogP contribution in [-0.4, -0.2) is 46.9 Å². The van der Waals surface area contributed by atoms with Gasteiger partial charge < -0.3 is 25.3 Å². The number of benzene rings is 1. The predicted octanol–water partition coefficient (Wildman–Crippen LogP) is -0.718. The highest BCUT2D eigenvalue weighted by molar-refractivity contribution is 8.00. The van der Waals surface area contributed by atoms with E-state index in [0.717, 1.165) is 17.8 Å². The van der Waals surface area contributed by atoms with Crippen molar-refractivity contribution in [3.63, 3.8) is 0 Å². The number of carbonyl (C=O) groups is 3. The molecule has 2 atom stereocenters. The third-order valence-electron chi connectivity index (χ3n) is 3.40. The molecule has 0 aromatic heterocycles. The van der Waals surface area contributed by atoms with E-state index in [2.05, 4.69) is 10.6 Å². The van der Waals surface area contributed by atoms with Gasteiger partial charge in [-0.1, -0.05) is 0 Å². The number of nitrogens with zero attached hydrogens (tertiary/aromatic N) is 1. The van der Waals surface area contributed by atoms with Gasteiger partial charge in [-0.2, -0.15) is 0 Å². The fraction of sp³-hybridized carbons (Fsp3) is 0.357. The molecule has 1 heterocycles. The Kier molecular flexibility index (Phi) is 5.80. The number of ether oxygens (including phenoxy) is 1. The molecule has 11 heteroatoms. The first-order valence-electron chi connectivity index (χ1n) is 7.07. The summed E-state index contributed by atoms with van der Waals surface area (Å²) in [4.78, 5) is 44.9. The number of nitro benzene ring substituents is 1. The van der Waals surface area contributed by atoms with Crippen LogP contribution >= 0.6 is 11.8 Å². The molecule has 0 unspecified atom stereocenters. The molecule has 2 N–H and O–H groups in total. The number of aliphatic carboxylic acids is 1. The minimum absolute atomic E-state index is 0.0894. The van der Waals surface area contributed by atoms with Crippen LogP contribution in [0.5, 0.6) is 5.75 Å². The molecule has 0 aliphatic carbocycles. The van der Waals surface area contributed by atoms with E-state index in [1.807, 2.05) is 0 Å². The average Bonchev–Trinajstić information content (AvgIpc) is 2.56. The van der Waals surface area contributed by atoms with Gasteiger partial charge in [0.15, 0.2) is 0 Å². The molecule has 10 nitrogen and oxygen atoms in total. The summed E-state index contributed by atoms with van der Waals surface area (Å²) in [6.07, 6.45) is -0.220. The third-order valence-corrected chi connectivity index (χ3v) is 4.71. The lowest BCUT2D eigenvalue weighted by atomic mass is 10.2. The number of amides is 2. The molecule has 25 heavy (non-hydrogen) atoms. The number of non-ortho nitro benzene ring substituents is 1. The number of hydrogen-bond donors (Lipinski definition) is 2. The van der Waals surface area contributed by atoms with E-state index in [1.54, 1.807) is 0 Å². The number of methoxy groups -OCH3 is 1. The fourth-order valence-corrected chi connectivity index (χ4v) is 3.28. The van der Waals surface area contributed by atoms with Gasteiger partial charge in [0.2, 0.25) is 11.8 Å². The van der Waals surface area contributed by atoms with Crippen molar-refractivity contribution >= 4 is 40.9 Å². The summed E-state index contributed by atoms with van der Waals surface area (Å²) in [7, 11) is 1.35. The van der Waals surface area contributed by atoms with E-state index in [0.29, 0.717) is 0 Å². The highest BCUT2D eigenvalue weighted by atomic mass is 32.2. The molecule has 1 fully saturated rings. The second kappa shape index (κ2) is 7.83. The molecule has 1 aliphatic rings. The van der Waals surface area contributed by atoms with Crippen LogP contribution in [-0.2, 0) is 14.4 Å². The van der Waals surface area contributed by atoms with Crippen LogP contribution in [0, 0.1) is 10.1 Å². The van der Waals surface area contributed by atoms with E-state index >= 15 is 0 Å². The van der Waals surface area contributed by atoms with Crippen molar-refractivity contribution in [2.75, 3.05) is 18.2 Å². The summed E-state index contributed by atoms with van der Waals surface area (Å²) in [6, 6.07) is 2.64. The largest absolute Gasteiger partial charge is 0.548 e. The minimum Gasteiger partial charge on any atom is -0.548 e. The summed E-state index contributed by atoms with van der Waals surface area (Å²) in [5.41, 5.74) is -0.117. The van der Waals surface area contributed by atoms with Crippen molar-refractivity contribution < 1.29 is 29.2 Å². The van der Waals surface area contributed by atoms with Gasteiger partial charge in [-0.3, -0.25) is 19.7 Å². The van der Waals surface area contributed by atoms with Gasteiger partial charge in [0, 0.05) is 24.3 Å². The Hall–Kier alpha value is -2.82. The van der Waals surface area contributed by atoms with Crippen LogP contribution in [0.2, 0.25) is 0 Å². The highest BCUT2D eigenvalue weighted by Crippen LogP contribution is 2.29. The maximum absolute atomic E-state index is 12.1. The van der Waals surface area contributed by atoms with Crippen LogP contribution in [0.1, 0.15) is 6.42 Å². The van der Waals surface area contributed by atoms with Crippen LogP contribution in [0.25, 0.3) is 0 Å². The van der Waals surface area contributed by atoms with Crippen molar-refractivity contribution in [3.8, 4) is 5.75 Å². The highest BCUT2D eigenvalue weighted by Gasteiger charge is 2.31. The summed E-state index contributed by atoms with van der Waals surface area (Å²) in [5, 5.41) is 25.5. The zero-order chi connectivity index (χ0) is 18.6. The average molecular weight is 368 g/mol. The van der Waals surface area contributed by atoms with E-state index in [1.165, 1.54) is 19.2 Å². The number of nitrogens with one attached hydrogen (secondary N) is 2. The maximum Gasteiger partial charge on any atom is 0.271 e. The zero-order valence-electron chi connectivity index (χ0n) is 13.0. The van der Waals surface area contributed by atoms with E-state index in [9.17, 15) is 29.6 Å². The molecule has 1 aromatic rings. The van der Waals surface area contributed by atoms with Crippen LogP contribution in [0.15, 0.2) is 18.2 Å². The zero-order valence-corrected chi connectivity index (χ0v) is 13.8. The van der Waals surface area contributed by atoms with Gasteiger partial charge >= 0.3 is 0 Å². The van der Waals surface area contributed by atoms with E-state index in [-0.39, 0.29) is 29.3 Å². The molecule has 2 amide bonds. The number of nitro groups is 1. The lowest BCUT2D eigenvalue weighted by Gasteiger charge is -2.29. The summed E-state index contributed by atoms with van der Waals surface area (Å²) in [6.45, 7) is 0. The smallest absolute Gasteiger partial charge is 0.271 e. The lowest BCUT2D eigenvalue weighted by Crippen LogP contribution is -2.55. The first kappa shape index (κ1) is 18.5. The Morgan fingerprint density at radius 1 is 1.48 bits per heavy atom. The lowest BCUT2D eigenvalue weighted by molar-refractivity contribution is -0.384. The van der Waals surface area contributed by atoms with Crippen molar-refractivity contribution in [2.24, 2.45) is 0 Å². The van der Waals surface area contributed by atoms with Crippen molar-refractivity contribution in [2.45, 2.75) is 17.7 Å². The summed E-state index contributed by atoms with van der Waals surface area (Å²) >= 11 is 1.03. The molecule has 0 saturated carbocycles. The SMILES string of the molecule is COc1ccc([N+](=O)[O-])cc1NC(=O)C[C@H]1SC[C@H](C(=O)[O-])NC1=O. The fourth-order valence-electron chi connectivity index (χ4n) is 2.15. The molecule has 0 bridgehead atoms. The Morgan fingerprint density at radius 3 is 2.76 bits per heavy atom. The Morgan fingerprint density at radius 2 is 2.20 bits per heavy atom. The normalized spacial score (nSPS) is 19.6. The molecule has 2 rings (SSSR count). The van der Waals surface area contributed by atoms with E-state index < -0.39 is 34.0 Å². The number of anilines is 1. The molecule has 1 saturated heterocycles. The molecular formula is C14H14N3O7S-. The third kappa shape index (κ3) is 4.59. The van der Waals surface area contributed by atoms with Crippen LogP contribution < -0.4 is 20.5 Å². The van der Waals surface area contributed by atoms with Gasteiger partial charge in [-0.05, 0) is 6.07 Å². The number of carboxylic acid groups (broad SMARTS) is 1. The van der Waals surface area contributed by atoms with Gasteiger partial charge in [-0.25, -0.2) is 0 Å². The standard InChI is InChI=1S/C14H15N3O7S/c1-24-10-3-2-7(17(22)23)4-8(10)15-12(18)5-11-13(19)16-9(6-25-11)14(20)21/h2-4,9,11H,5-6H2,1H3,(H,15,18)(H,16,19)(H,20,21)/p-1/t9-,11-/m1/s1. The first-order valence-corrected chi connectivity index (χ1v) is 8.11. The summed E-state index contributed by atoms with van der Waals surface area (Å²) < 4.78 is 5.04. The number of rotatable bonds is 6. The molecule has 0 spiro atoms. The summed E-state index contributed by atoms with van der Waals surface area (Å²) in [5.74, 6) is -2.20. The molecule has 1 aliphatic heterocycles. The molecule has 0 radical (unpaired) electrons. The van der Waals surface area contributed by atoms with Crippen molar-refractivity contribution in [1.29, 1.82) is 0 Å². The number of hydrogen-bond acceptors (Lipinski definition) is 8. The van der Waals surface area contributed by atoms with Gasteiger partial charge in [-0.15, -0.1) is 11.8 Å². The Bertz CT molecular complexity index is 724. The monoisotopic (exact) mass is 368 g/mol. The van der Waals surface area contributed by atoms with Crippen molar-refractivity contribution in [1.82, 2.24) is 5.32 Å². The molecular weight excluding hydrogens is 354 g/mol. The first-order chi connectivity index (χ1) is 11.8. The minimum atomic E-state index is -1.38. The topological polar surface area (TPSA) is 151 Å². The van der Waals surface area contributed by atoms with Crippen LogP contribution in [0.3, 0.4) is 0 Å². The second-order valence-corrected chi connectivity index (χ2v) is 6.33. The maximum atomic E-state index is 12.1. The Labute approximate surface area is 146 Å². The van der Waals surface area contributed by atoms with Gasteiger partial charge in [0.05, 0.1) is 35.0 Å². The van der Waals surface area contributed by atoms with Crippen molar-refractivity contribution in [3.05, 3.63) is 28.3 Å². The van der Waals surface area contributed by atoms with Gasteiger partial charge in [0.1, 0.15) is 5.75 Å². The van der Waals surface area contributed by atoms with Gasteiger partial charge in [0.25, 0.3) is 5.69 Å². The predicted molar refractivity (Wildman–Crippen MR) is 86.1 cm³/mol. The van der Waals surface area contributed by atoms with E-state index in [4.69, 9.17) is 4.74 Å². The number of thioether (sulfide) groups is 1. The number of carbonyl (C=O) groups excluding carboxylic acids is 3. The molecule has 134 valence electrons. The quantitative estimate of drug-likeness (QED) is 0.493. The Balaban J connectivity index is 2.03.